The molecule has 1 saturated heterocycles. The monoisotopic (exact) mass is 171 g/mol. The van der Waals surface area contributed by atoms with Gasteiger partial charge in [0.05, 0.1) is 12.5 Å². The Morgan fingerprint density at radius 2 is 2.25 bits per heavy atom. The first-order chi connectivity index (χ1) is 5.59. The molecule has 1 aliphatic heterocycles. The summed E-state index contributed by atoms with van der Waals surface area (Å²) in [6.07, 6.45) is 0.669. The molecule has 12 heavy (non-hydrogen) atoms. The summed E-state index contributed by atoms with van der Waals surface area (Å²) in [6.45, 7) is 3.17. The molecule has 0 aliphatic carbocycles. The van der Waals surface area contributed by atoms with Crippen molar-refractivity contribution in [2.45, 2.75) is 13.3 Å². The highest BCUT2D eigenvalue weighted by Crippen LogP contribution is 2.15. The van der Waals surface area contributed by atoms with Crippen molar-refractivity contribution in [1.82, 2.24) is 4.90 Å². The molecule has 1 N–H and O–H groups in total. The van der Waals surface area contributed by atoms with E-state index in [1.807, 2.05) is 4.90 Å². The number of ketones is 1. The van der Waals surface area contributed by atoms with Crippen LogP contribution in [0.1, 0.15) is 13.3 Å². The van der Waals surface area contributed by atoms with Gasteiger partial charge >= 0.3 is 5.97 Å². The summed E-state index contributed by atoms with van der Waals surface area (Å²) < 4.78 is 0. The van der Waals surface area contributed by atoms with Gasteiger partial charge in [-0.3, -0.25) is 14.5 Å². The van der Waals surface area contributed by atoms with Gasteiger partial charge in [-0.1, -0.05) is 0 Å². The van der Waals surface area contributed by atoms with Crippen LogP contribution in [0.5, 0.6) is 0 Å². The second kappa shape index (κ2) is 3.67. The van der Waals surface area contributed by atoms with E-state index in [0.717, 1.165) is 6.54 Å². The first-order valence-electron chi connectivity index (χ1n) is 4.04. The molecular formula is C8H13NO3. The molecule has 1 fully saturated rings. The lowest BCUT2D eigenvalue weighted by Gasteiger charge is -2.11. The first-order valence-corrected chi connectivity index (χ1v) is 4.04. The third-order valence-corrected chi connectivity index (χ3v) is 2.07. The van der Waals surface area contributed by atoms with E-state index in [-0.39, 0.29) is 11.7 Å². The Labute approximate surface area is 71.2 Å². The first kappa shape index (κ1) is 9.19. The van der Waals surface area contributed by atoms with Gasteiger partial charge in [-0.2, -0.15) is 0 Å². The van der Waals surface area contributed by atoms with E-state index in [9.17, 15) is 9.59 Å². The van der Waals surface area contributed by atoms with Crippen LogP contribution in [0, 0.1) is 5.92 Å². The highest BCUT2D eigenvalue weighted by Gasteiger charge is 2.27. The summed E-state index contributed by atoms with van der Waals surface area (Å²) in [5, 5.41) is 8.65. The number of carbonyl (C=O) groups is 2. The zero-order chi connectivity index (χ0) is 9.14. The maximum absolute atomic E-state index is 10.7. The normalized spacial score (nSPS) is 24.2. The van der Waals surface area contributed by atoms with E-state index in [1.54, 1.807) is 0 Å². The standard InChI is InChI=1S/C8H13NO3/c1-6(10)4-9-3-2-7(5-9)8(11)12/h7H,2-5H2,1H3,(H,11,12)/t7-/m1/s1. The Balaban J connectivity index is 2.35. The number of Topliss-reactive ketones (excluding diaryl/α,β-unsaturated/α-hetero) is 1. The smallest absolute Gasteiger partial charge is 0.307 e. The summed E-state index contributed by atoms with van der Waals surface area (Å²) in [5.74, 6) is -0.925. The number of carboxylic acid groups (broad SMARTS) is 1. The molecule has 0 saturated carbocycles. The molecule has 0 radical (unpaired) electrons. The number of rotatable bonds is 3. The Hall–Kier alpha value is -0.900. The largest absolute Gasteiger partial charge is 0.481 e. The highest BCUT2D eigenvalue weighted by molar-refractivity contribution is 5.78. The molecule has 68 valence electrons. The number of likely N-dealkylation sites (tertiary alicyclic amines) is 1. The average Bonchev–Trinajstić information content (AvgIpc) is 2.34. The fraction of sp³-hybridized carbons (Fsp3) is 0.750. The van der Waals surface area contributed by atoms with Gasteiger partial charge in [0.25, 0.3) is 0 Å². The van der Waals surface area contributed by atoms with Gasteiger partial charge in [-0.15, -0.1) is 0 Å². The summed E-state index contributed by atoms with van der Waals surface area (Å²) >= 11 is 0. The molecule has 0 aromatic heterocycles. The van der Waals surface area contributed by atoms with Crippen LogP contribution < -0.4 is 0 Å². The molecular weight excluding hydrogens is 158 g/mol. The Morgan fingerprint density at radius 3 is 2.67 bits per heavy atom. The fourth-order valence-electron chi connectivity index (χ4n) is 1.49. The van der Waals surface area contributed by atoms with Gasteiger partial charge in [0.15, 0.2) is 0 Å². The SMILES string of the molecule is CC(=O)CN1CC[C@@H](C(=O)O)C1. The lowest BCUT2D eigenvalue weighted by Crippen LogP contribution is -2.27. The van der Waals surface area contributed by atoms with Gasteiger partial charge in [0.2, 0.25) is 0 Å². The molecule has 0 amide bonds. The van der Waals surface area contributed by atoms with Crippen molar-refractivity contribution in [2.24, 2.45) is 5.92 Å². The quantitative estimate of drug-likeness (QED) is 0.648. The van der Waals surface area contributed by atoms with Crippen LogP contribution in [0.15, 0.2) is 0 Å². The van der Waals surface area contributed by atoms with E-state index >= 15 is 0 Å². The molecule has 0 bridgehead atoms. The maximum atomic E-state index is 10.7. The van der Waals surface area contributed by atoms with Crippen molar-refractivity contribution in [3.05, 3.63) is 0 Å². The Bertz CT molecular complexity index is 202. The van der Waals surface area contributed by atoms with Crippen LogP contribution in [0.25, 0.3) is 0 Å². The zero-order valence-corrected chi connectivity index (χ0v) is 7.12. The maximum Gasteiger partial charge on any atom is 0.307 e. The molecule has 4 heteroatoms. The number of hydrogen-bond donors (Lipinski definition) is 1. The van der Waals surface area contributed by atoms with Gasteiger partial charge in [0.1, 0.15) is 5.78 Å². The van der Waals surface area contributed by atoms with E-state index in [2.05, 4.69) is 0 Å². The zero-order valence-electron chi connectivity index (χ0n) is 7.12. The number of aliphatic carboxylic acids is 1. The Kier molecular flexibility index (Phi) is 2.81. The van der Waals surface area contributed by atoms with Crippen molar-refractivity contribution < 1.29 is 14.7 Å². The lowest BCUT2D eigenvalue weighted by atomic mass is 10.1. The van der Waals surface area contributed by atoms with Crippen molar-refractivity contribution in [1.29, 1.82) is 0 Å². The second-order valence-electron chi connectivity index (χ2n) is 3.26. The summed E-state index contributed by atoms with van der Waals surface area (Å²) in [5.41, 5.74) is 0. The van der Waals surface area contributed by atoms with Gasteiger partial charge < -0.3 is 5.11 Å². The predicted molar refractivity (Wildman–Crippen MR) is 42.9 cm³/mol. The predicted octanol–water partition coefficient (Wildman–Crippen LogP) is -0.0181. The van der Waals surface area contributed by atoms with Gasteiger partial charge in [0, 0.05) is 6.54 Å². The molecule has 1 heterocycles. The minimum Gasteiger partial charge on any atom is -0.481 e. The minimum absolute atomic E-state index is 0.0982. The second-order valence-corrected chi connectivity index (χ2v) is 3.26. The van der Waals surface area contributed by atoms with Gasteiger partial charge in [-0.05, 0) is 19.9 Å². The van der Waals surface area contributed by atoms with E-state index < -0.39 is 5.97 Å². The van der Waals surface area contributed by atoms with Crippen molar-refractivity contribution >= 4 is 11.8 Å². The molecule has 0 aromatic carbocycles. The van der Waals surface area contributed by atoms with E-state index in [4.69, 9.17) is 5.11 Å². The lowest BCUT2D eigenvalue weighted by molar-refractivity contribution is -0.141. The number of nitrogens with zero attached hydrogens (tertiary/aromatic N) is 1. The fourth-order valence-corrected chi connectivity index (χ4v) is 1.49. The minimum atomic E-state index is -0.749. The van der Waals surface area contributed by atoms with Crippen LogP contribution in [0.3, 0.4) is 0 Å². The summed E-state index contributed by atoms with van der Waals surface area (Å²) in [7, 11) is 0. The molecule has 1 atom stereocenters. The molecule has 0 unspecified atom stereocenters. The van der Waals surface area contributed by atoms with Gasteiger partial charge in [-0.25, -0.2) is 0 Å². The molecule has 1 rings (SSSR count). The van der Waals surface area contributed by atoms with Crippen LogP contribution in [0.4, 0.5) is 0 Å². The molecule has 4 nitrogen and oxygen atoms in total. The average molecular weight is 171 g/mol. The molecule has 0 spiro atoms. The van der Waals surface area contributed by atoms with Crippen molar-refractivity contribution in [3.8, 4) is 0 Å². The number of carboxylic acids is 1. The topological polar surface area (TPSA) is 57.6 Å². The summed E-state index contributed by atoms with van der Waals surface area (Å²) in [6, 6.07) is 0. The highest BCUT2D eigenvalue weighted by atomic mass is 16.4. The number of hydrogen-bond acceptors (Lipinski definition) is 3. The van der Waals surface area contributed by atoms with Crippen LogP contribution in [0.2, 0.25) is 0 Å². The van der Waals surface area contributed by atoms with E-state index in [1.165, 1.54) is 6.92 Å². The molecule has 0 aromatic rings. The Morgan fingerprint density at radius 1 is 1.58 bits per heavy atom. The third kappa shape index (κ3) is 2.30. The van der Waals surface area contributed by atoms with Crippen LogP contribution >= 0.6 is 0 Å². The molecule has 1 aliphatic rings. The summed E-state index contributed by atoms with van der Waals surface area (Å²) in [4.78, 5) is 23.1. The van der Waals surface area contributed by atoms with Crippen LogP contribution in [-0.2, 0) is 9.59 Å². The third-order valence-electron chi connectivity index (χ3n) is 2.07. The van der Waals surface area contributed by atoms with Crippen molar-refractivity contribution in [3.63, 3.8) is 0 Å². The van der Waals surface area contributed by atoms with Crippen LogP contribution in [-0.4, -0.2) is 41.4 Å². The number of carbonyl (C=O) groups excluding carboxylic acids is 1. The van der Waals surface area contributed by atoms with Crippen molar-refractivity contribution in [2.75, 3.05) is 19.6 Å². The van der Waals surface area contributed by atoms with E-state index in [0.29, 0.717) is 19.5 Å².